The zero-order valence-electron chi connectivity index (χ0n) is 19.6. The highest BCUT2D eigenvalue weighted by molar-refractivity contribution is 7.12. The van der Waals surface area contributed by atoms with Gasteiger partial charge < -0.3 is 9.47 Å². The Morgan fingerprint density at radius 3 is 2.88 bits per heavy atom. The largest absolute Gasteiger partial charge is 0.379 e. The molecule has 3 aliphatic heterocycles. The number of rotatable bonds is 7. The smallest absolute Gasteiger partial charge is 0.0969 e. The highest BCUT2D eigenvalue weighted by atomic mass is 32.1. The SMILES string of the molecule is CCc1cc2c(s1)CCO[C@@]21CCN(Cc2cn(CCCN3CCOCC3)nn2)[C@@H](C)C1. The van der Waals surface area contributed by atoms with Crippen LogP contribution >= 0.6 is 11.3 Å². The highest BCUT2D eigenvalue weighted by Crippen LogP contribution is 2.46. The summed E-state index contributed by atoms with van der Waals surface area (Å²) >= 11 is 2.00. The first-order valence-electron chi connectivity index (χ1n) is 12.3. The second-order valence-corrected chi connectivity index (χ2v) is 10.8. The lowest BCUT2D eigenvalue weighted by atomic mass is 9.79. The average Bonchev–Trinajstić information content (AvgIpc) is 3.44. The van der Waals surface area contributed by atoms with Gasteiger partial charge in [0, 0.05) is 67.7 Å². The molecule has 0 amide bonds. The fourth-order valence-electron chi connectivity index (χ4n) is 5.52. The van der Waals surface area contributed by atoms with Crippen LogP contribution in [0.25, 0.3) is 0 Å². The van der Waals surface area contributed by atoms with Gasteiger partial charge in [0.25, 0.3) is 0 Å². The van der Waals surface area contributed by atoms with Gasteiger partial charge in [-0.3, -0.25) is 14.5 Å². The van der Waals surface area contributed by atoms with E-state index in [1.165, 1.54) is 10.4 Å². The number of ether oxygens (including phenoxy) is 2. The molecule has 176 valence electrons. The molecule has 5 heterocycles. The normalized spacial score (nSPS) is 27.1. The van der Waals surface area contributed by atoms with Crippen LogP contribution in [0.4, 0.5) is 0 Å². The summed E-state index contributed by atoms with van der Waals surface area (Å²) in [6, 6.07) is 2.90. The molecule has 0 unspecified atom stereocenters. The number of fused-ring (bicyclic) bond motifs is 2. The number of likely N-dealkylation sites (tertiary alicyclic amines) is 1. The number of aryl methyl sites for hydroxylation is 2. The van der Waals surface area contributed by atoms with Gasteiger partial charge in [0.1, 0.15) is 0 Å². The summed E-state index contributed by atoms with van der Waals surface area (Å²) in [7, 11) is 0. The van der Waals surface area contributed by atoms with Crippen molar-refractivity contribution in [2.45, 2.75) is 70.7 Å². The summed E-state index contributed by atoms with van der Waals surface area (Å²) in [5.74, 6) is 0. The number of piperidine rings is 1. The third kappa shape index (κ3) is 4.80. The number of hydrogen-bond donors (Lipinski definition) is 0. The number of thiophene rings is 1. The summed E-state index contributed by atoms with van der Waals surface area (Å²) in [4.78, 5) is 8.09. The van der Waals surface area contributed by atoms with E-state index < -0.39 is 0 Å². The molecule has 0 radical (unpaired) electrons. The van der Waals surface area contributed by atoms with E-state index in [2.05, 4.69) is 46.2 Å². The molecule has 3 aliphatic rings. The molecule has 2 saturated heterocycles. The second-order valence-electron chi connectivity index (χ2n) is 9.55. The summed E-state index contributed by atoms with van der Waals surface area (Å²) in [5, 5.41) is 8.86. The van der Waals surface area contributed by atoms with Crippen LogP contribution in [0.1, 0.15) is 54.1 Å². The zero-order valence-corrected chi connectivity index (χ0v) is 20.4. The van der Waals surface area contributed by atoms with Crippen LogP contribution < -0.4 is 0 Å². The van der Waals surface area contributed by atoms with E-state index in [-0.39, 0.29) is 5.60 Å². The van der Waals surface area contributed by atoms with Crippen LogP contribution in [-0.4, -0.2) is 76.8 Å². The lowest BCUT2D eigenvalue weighted by Crippen LogP contribution is -2.50. The van der Waals surface area contributed by atoms with Crippen molar-refractivity contribution in [3.8, 4) is 0 Å². The summed E-state index contributed by atoms with van der Waals surface area (Å²) in [6.45, 7) is 13.2. The van der Waals surface area contributed by atoms with Gasteiger partial charge in [0.2, 0.25) is 0 Å². The van der Waals surface area contributed by atoms with Gasteiger partial charge in [-0.15, -0.1) is 16.4 Å². The molecule has 8 heteroatoms. The fourth-order valence-corrected chi connectivity index (χ4v) is 6.70. The van der Waals surface area contributed by atoms with E-state index in [1.807, 2.05) is 16.0 Å². The van der Waals surface area contributed by atoms with E-state index in [4.69, 9.17) is 9.47 Å². The van der Waals surface area contributed by atoms with Crippen molar-refractivity contribution in [2.24, 2.45) is 0 Å². The van der Waals surface area contributed by atoms with Gasteiger partial charge in [-0.05, 0) is 44.2 Å². The number of hydrogen-bond acceptors (Lipinski definition) is 7. The minimum Gasteiger partial charge on any atom is -0.379 e. The van der Waals surface area contributed by atoms with Crippen molar-refractivity contribution in [1.82, 2.24) is 24.8 Å². The topological polar surface area (TPSA) is 55.7 Å². The Bertz CT molecular complexity index is 893. The molecular formula is C24H37N5O2S. The number of aromatic nitrogens is 3. The Morgan fingerprint density at radius 1 is 1.19 bits per heavy atom. The maximum Gasteiger partial charge on any atom is 0.0969 e. The number of morpholine rings is 1. The lowest BCUT2D eigenvalue weighted by molar-refractivity contribution is -0.112. The predicted octanol–water partition coefficient (Wildman–Crippen LogP) is 3.08. The Hall–Kier alpha value is -1.32. The molecule has 1 spiro atoms. The van der Waals surface area contributed by atoms with Crippen molar-refractivity contribution in [3.63, 3.8) is 0 Å². The molecule has 0 bridgehead atoms. The number of nitrogens with zero attached hydrogens (tertiary/aromatic N) is 5. The molecule has 0 saturated carbocycles. The van der Waals surface area contributed by atoms with E-state index in [9.17, 15) is 0 Å². The molecule has 0 aliphatic carbocycles. The third-order valence-electron chi connectivity index (χ3n) is 7.37. The first kappa shape index (κ1) is 22.5. The Balaban J connectivity index is 1.15. The molecule has 7 nitrogen and oxygen atoms in total. The van der Waals surface area contributed by atoms with Gasteiger partial charge in [0.15, 0.2) is 0 Å². The monoisotopic (exact) mass is 459 g/mol. The summed E-state index contributed by atoms with van der Waals surface area (Å²) < 4.78 is 13.9. The van der Waals surface area contributed by atoms with E-state index in [0.717, 1.165) is 96.9 Å². The molecule has 0 N–H and O–H groups in total. The van der Waals surface area contributed by atoms with E-state index in [1.54, 1.807) is 4.88 Å². The average molecular weight is 460 g/mol. The first-order valence-corrected chi connectivity index (χ1v) is 13.2. The standard InChI is InChI=1S/C24H37N5O2S/c1-3-21-15-22-23(32-21)5-12-31-24(22)6-9-28(19(2)16-24)17-20-18-29(26-25-20)8-4-7-27-10-13-30-14-11-27/h15,18-19H,3-14,16-17H2,1-2H3/t19-,24+/m0/s1. The van der Waals surface area contributed by atoms with Crippen LogP contribution in [-0.2, 0) is 41.0 Å². The van der Waals surface area contributed by atoms with Crippen molar-refractivity contribution in [2.75, 3.05) is 46.0 Å². The van der Waals surface area contributed by atoms with Gasteiger partial charge >= 0.3 is 0 Å². The van der Waals surface area contributed by atoms with Crippen molar-refractivity contribution < 1.29 is 9.47 Å². The quantitative estimate of drug-likeness (QED) is 0.634. The maximum atomic E-state index is 6.49. The van der Waals surface area contributed by atoms with Gasteiger partial charge in [-0.2, -0.15) is 0 Å². The minimum absolute atomic E-state index is 0.0788. The fraction of sp³-hybridized carbons (Fsp3) is 0.750. The van der Waals surface area contributed by atoms with Crippen LogP contribution in [0, 0.1) is 0 Å². The minimum atomic E-state index is -0.0788. The van der Waals surface area contributed by atoms with Crippen LogP contribution in [0.3, 0.4) is 0 Å². The van der Waals surface area contributed by atoms with Crippen LogP contribution in [0.5, 0.6) is 0 Å². The second kappa shape index (κ2) is 9.89. The first-order chi connectivity index (χ1) is 15.6. The molecular weight excluding hydrogens is 422 g/mol. The Labute approximate surface area is 195 Å². The Kier molecular flexibility index (Phi) is 6.95. The molecule has 32 heavy (non-hydrogen) atoms. The van der Waals surface area contributed by atoms with Crippen molar-refractivity contribution in [1.29, 1.82) is 0 Å². The molecule has 2 atom stereocenters. The van der Waals surface area contributed by atoms with E-state index in [0.29, 0.717) is 6.04 Å². The summed E-state index contributed by atoms with van der Waals surface area (Å²) in [5.41, 5.74) is 2.49. The molecule has 0 aromatic carbocycles. The molecule has 2 fully saturated rings. The summed E-state index contributed by atoms with van der Waals surface area (Å²) in [6.07, 6.45) is 7.57. The van der Waals surface area contributed by atoms with Gasteiger partial charge in [-0.1, -0.05) is 12.1 Å². The van der Waals surface area contributed by atoms with Crippen LogP contribution in [0.2, 0.25) is 0 Å². The van der Waals surface area contributed by atoms with E-state index >= 15 is 0 Å². The van der Waals surface area contributed by atoms with Gasteiger partial charge in [0.05, 0.1) is 31.1 Å². The van der Waals surface area contributed by atoms with Crippen molar-refractivity contribution in [3.05, 3.63) is 33.3 Å². The lowest BCUT2D eigenvalue weighted by Gasteiger charge is -2.47. The molecule has 2 aromatic heterocycles. The molecule has 5 rings (SSSR count). The van der Waals surface area contributed by atoms with Crippen molar-refractivity contribution >= 4 is 11.3 Å². The third-order valence-corrected chi connectivity index (χ3v) is 8.71. The zero-order chi connectivity index (χ0) is 22.0. The maximum absolute atomic E-state index is 6.49. The van der Waals surface area contributed by atoms with Gasteiger partial charge in [-0.25, -0.2) is 0 Å². The molecule has 2 aromatic rings. The Morgan fingerprint density at radius 2 is 2.06 bits per heavy atom. The van der Waals surface area contributed by atoms with Crippen LogP contribution in [0.15, 0.2) is 12.3 Å². The predicted molar refractivity (Wildman–Crippen MR) is 126 cm³/mol. The highest BCUT2D eigenvalue weighted by Gasteiger charge is 2.44.